The fourth-order valence-electron chi connectivity index (χ4n) is 2.05. The van der Waals surface area contributed by atoms with Gasteiger partial charge in [0.25, 0.3) is 0 Å². The van der Waals surface area contributed by atoms with Gasteiger partial charge in [0.15, 0.2) is 5.58 Å². The van der Waals surface area contributed by atoms with Gasteiger partial charge in [-0.1, -0.05) is 23.7 Å². The highest BCUT2D eigenvalue weighted by Gasteiger charge is 2.12. The van der Waals surface area contributed by atoms with Gasteiger partial charge in [-0.15, -0.1) is 0 Å². The van der Waals surface area contributed by atoms with E-state index in [0.29, 0.717) is 22.1 Å². The summed E-state index contributed by atoms with van der Waals surface area (Å²) >= 11 is 6.14. The van der Waals surface area contributed by atoms with Crippen molar-refractivity contribution in [3.63, 3.8) is 0 Å². The standard InChI is InChI=1S/C14H12ClN3O2/c1-16-13-7-6-9(15)10(17-13)8-18-11-4-2-3-5-12(11)20-14(18)19/h2-7H,8H2,1H3,(H,16,17). The summed E-state index contributed by atoms with van der Waals surface area (Å²) < 4.78 is 6.71. The minimum absolute atomic E-state index is 0.268. The molecule has 0 aliphatic rings. The first-order valence-electron chi connectivity index (χ1n) is 6.10. The molecule has 3 aromatic rings. The summed E-state index contributed by atoms with van der Waals surface area (Å²) in [6.45, 7) is 0.268. The highest BCUT2D eigenvalue weighted by molar-refractivity contribution is 6.31. The van der Waals surface area contributed by atoms with Gasteiger partial charge in [0, 0.05) is 7.05 Å². The van der Waals surface area contributed by atoms with Gasteiger partial charge in [-0.3, -0.25) is 4.57 Å². The number of pyridine rings is 1. The molecule has 0 unspecified atom stereocenters. The van der Waals surface area contributed by atoms with Crippen molar-refractivity contribution in [2.45, 2.75) is 6.54 Å². The molecule has 0 fully saturated rings. The number of aromatic nitrogens is 2. The maximum atomic E-state index is 11.9. The molecule has 0 spiro atoms. The van der Waals surface area contributed by atoms with Crippen molar-refractivity contribution in [2.24, 2.45) is 0 Å². The maximum absolute atomic E-state index is 11.9. The molecule has 1 aromatic carbocycles. The zero-order valence-corrected chi connectivity index (χ0v) is 11.5. The summed E-state index contributed by atoms with van der Waals surface area (Å²) in [5, 5.41) is 3.46. The summed E-state index contributed by atoms with van der Waals surface area (Å²) in [6, 6.07) is 10.8. The van der Waals surface area contributed by atoms with Crippen LogP contribution in [-0.2, 0) is 6.54 Å². The van der Waals surface area contributed by atoms with Crippen molar-refractivity contribution in [1.29, 1.82) is 0 Å². The largest absolute Gasteiger partial charge is 0.420 e. The van der Waals surface area contributed by atoms with Crippen LogP contribution in [0.1, 0.15) is 5.69 Å². The molecule has 1 N–H and O–H groups in total. The second kappa shape index (κ2) is 5.02. The number of halogens is 1. The third-order valence-electron chi connectivity index (χ3n) is 3.06. The summed E-state index contributed by atoms with van der Waals surface area (Å²) in [6.07, 6.45) is 0. The zero-order valence-electron chi connectivity index (χ0n) is 10.8. The van der Waals surface area contributed by atoms with Crippen LogP contribution in [0, 0.1) is 0 Å². The van der Waals surface area contributed by atoms with Crippen LogP contribution in [0.4, 0.5) is 5.82 Å². The lowest BCUT2D eigenvalue weighted by atomic mass is 10.3. The molecular weight excluding hydrogens is 278 g/mol. The van der Waals surface area contributed by atoms with Gasteiger partial charge in [0.2, 0.25) is 0 Å². The predicted octanol–water partition coefficient (Wildman–Crippen LogP) is 2.73. The lowest BCUT2D eigenvalue weighted by Crippen LogP contribution is -2.16. The Kier molecular flexibility index (Phi) is 3.20. The SMILES string of the molecule is CNc1ccc(Cl)c(Cn2c(=O)oc3ccccc32)n1. The highest BCUT2D eigenvalue weighted by Crippen LogP contribution is 2.19. The summed E-state index contributed by atoms with van der Waals surface area (Å²) in [4.78, 5) is 16.3. The van der Waals surface area contributed by atoms with E-state index in [9.17, 15) is 4.79 Å². The minimum atomic E-state index is -0.418. The molecule has 5 nitrogen and oxygen atoms in total. The van der Waals surface area contributed by atoms with Crippen molar-refractivity contribution in [1.82, 2.24) is 9.55 Å². The molecule has 0 aliphatic heterocycles. The second-order valence-corrected chi connectivity index (χ2v) is 4.70. The lowest BCUT2D eigenvalue weighted by molar-refractivity contribution is 0.516. The van der Waals surface area contributed by atoms with Crippen LogP contribution in [0.15, 0.2) is 45.6 Å². The van der Waals surface area contributed by atoms with Crippen molar-refractivity contribution in [2.75, 3.05) is 12.4 Å². The average molecular weight is 290 g/mol. The molecular formula is C14H12ClN3O2. The van der Waals surface area contributed by atoms with E-state index in [1.165, 1.54) is 4.57 Å². The molecule has 102 valence electrons. The predicted molar refractivity (Wildman–Crippen MR) is 78.4 cm³/mol. The Balaban J connectivity index is 2.09. The molecule has 6 heteroatoms. The van der Waals surface area contributed by atoms with E-state index in [2.05, 4.69) is 10.3 Å². The Morgan fingerprint density at radius 2 is 2.10 bits per heavy atom. The van der Waals surface area contributed by atoms with Crippen molar-refractivity contribution in [3.8, 4) is 0 Å². The number of nitrogens with one attached hydrogen (secondary N) is 1. The summed E-state index contributed by atoms with van der Waals surface area (Å²) in [5.41, 5.74) is 1.90. The first-order chi connectivity index (χ1) is 9.69. The van der Waals surface area contributed by atoms with Crippen LogP contribution in [0.3, 0.4) is 0 Å². The summed E-state index contributed by atoms with van der Waals surface area (Å²) in [5.74, 6) is 0.282. The number of hydrogen-bond donors (Lipinski definition) is 1. The number of anilines is 1. The normalized spacial score (nSPS) is 10.9. The lowest BCUT2D eigenvalue weighted by Gasteiger charge is -2.07. The first kappa shape index (κ1) is 12.7. The number of benzene rings is 1. The van der Waals surface area contributed by atoms with E-state index in [1.807, 2.05) is 18.2 Å². The van der Waals surface area contributed by atoms with Gasteiger partial charge in [-0.25, -0.2) is 9.78 Å². The molecule has 20 heavy (non-hydrogen) atoms. The minimum Gasteiger partial charge on any atom is -0.408 e. The van der Waals surface area contributed by atoms with Gasteiger partial charge < -0.3 is 9.73 Å². The molecule has 0 amide bonds. The Bertz CT molecular complexity index is 823. The Hall–Kier alpha value is -2.27. The fraction of sp³-hybridized carbons (Fsp3) is 0.143. The first-order valence-corrected chi connectivity index (χ1v) is 6.48. The molecule has 0 atom stereocenters. The molecule has 2 aromatic heterocycles. The Morgan fingerprint density at radius 1 is 1.30 bits per heavy atom. The van der Waals surface area contributed by atoms with Crippen LogP contribution < -0.4 is 11.1 Å². The van der Waals surface area contributed by atoms with E-state index in [-0.39, 0.29) is 6.54 Å². The summed E-state index contributed by atoms with van der Waals surface area (Å²) in [7, 11) is 1.78. The molecule has 2 heterocycles. The monoisotopic (exact) mass is 289 g/mol. The fourth-order valence-corrected chi connectivity index (χ4v) is 2.21. The molecule has 0 radical (unpaired) electrons. The highest BCUT2D eigenvalue weighted by atomic mass is 35.5. The van der Waals surface area contributed by atoms with Gasteiger partial charge in [-0.2, -0.15) is 0 Å². The second-order valence-electron chi connectivity index (χ2n) is 4.30. The van der Waals surface area contributed by atoms with E-state index in [4.69, 9.17) is 16.0 Å². The topological polar surface area (TPSA) is 60.1 Å². The number of rotatable bonds is 3. The number of oxazole rings is 1. The number of fused-ring (bicyclic) bond motifs is 1. The molecule has 3 rings (SSSR count). The van der Waals surface area contributed by atoms with Gasteiger partial charge in [-0.05, 0) is 24.3 Å². The van der Waals surface area contributed by atoms with Crippen molar-refractivity contribution < 1.29 is 4.42 Å². The van der Waals surface area contributed by atoms with Crippen LogP contribution in [0.5, 0.6) is 0 Å². The van der Waals surface area contributed by atoms with Gasteiger partial charge >= 0.3 is 5.76 Å². The third-order valence-corrected chi connectivity index (χ3v) is 3.40. The zero-order chi connectivity index (χ0) is 14.1. The van der Waals surface area contributed by atoms with Gasteiger partial charge in [0.1, 0.15) is 5.82 Å². The number of hydrogen-bond acceptors (Lipinski definition) is 4. The van der Waals surface area contributed by atoms with Crippen LogP contribution >= 0.6 is 11.6 Å². The Labute approximate surface area is 119 Å². The molecule has 0 bridgehead atoms. The van der Waals surface area contributed by atoms with Gasteiger partial charge in [0.05, 0.1) is 22.8 Å². The Morgan fingerprint density at radius 3 is 2.90 bits per heavy atom. The quantitative estimate of drug-likeness (QED) is 0.805. The van der Waals surface area contributed by atoms with Crippen molar-refractivity contribution in [3.05, 3.63) is 57.7 Å². The van der Waals surface area contributed by atoms with E-state index in [1.54, 1.807) is 25.2 Å². The van der Waals surface area contributed by atoms with E-state index >= 15 is 0 Å². The average Bonchev–Trinajstić information content (AvgIpc) is 2.77. The molecule has 0 aliphatic carbocycles. The molecule has 0 saturated heterocycles. The number of nitrogens with zero attached hydrogens (tertiary/aromatic N) is 2. The van der Waals surface area contributed by atoms with E-state index < -0.39 is 5.76 Å². The molecule has 0 saturated carbocycles. The van der Waals surface area contributed by atoms with Crippen LogP contribution in [-0.4, -0.2) is 16.6 Å². The smallest absolute Gasteiger partial charge is 0.408 e. The van der Waals surface area contributed by atoms with E-state index in [0.717, 1.165) is 5.52 Å². The number of para-hydroxylation sites is 2. The third kappa shape index (κ3) is 2.16. The van der Waals surface area contributed by atoms with Crippen LogP contribution in [0.25, 0.3) is 11.1 Å². The maximum Gasteiger partial charge on any atom is 0.420 e. The van der Waals surface area contributed by atoms with Crippen LogP contribution in [0.2, 0.25) is 5.02 Å². The van der Waals surface area contributed by atoms with Crippen molar-refractivity contribution >= 4 is 28.5 Å².